The number of nitrogens with two attached hydrogens (primary N) is 1. The highest BCUT2D eigenvalue weighted by Gasteiger charge is 2.55. The van der Waals surface area contributed by atoms with Gasteiger partial charge in [0.2, 0.25) is 5.72 Å². The van der Waals surface area contributed by atoms with E-state index in [-0.39, 0.29) is 18.8 Å². The van der Waals surface area contributed by atoms with Crippen molar-refractivity contribution < 1.29 is 23.9 Å². The summed E-state index contributed by atoms with van der Waals surface area (Å²) in [5.74, 6) is -2.02. The largest absolute Gasteiger partial charge is 0.436 e. The maximum absolute atomic E-state index is 11.2. The van der Waals surface area contributed by atoms with Crippen LogP contribution in [0.4, 0.5) is 0 Å². The van der Waals surface area contributed by atoms with Crippen LogP contribution in [0, 0.1) is 0 Å². The Morgan fingerprint density at radius 2 is 2.24 bits per heavy atom. The van der Waals surface area contributed by atoms with E-state index in [1.165, 1.54) is 5.06 Å². The van der Waals surface area contributed by atoms with Gasteiger partial charge in [0, 0.05) is 6.42 Å². The number of rotatable bonds is 3. The third kappa shape index (κ3) is 2.13. The van der Waals surface area contributed by atoms with Crippen LogP contribution < -0.4 is 5.73 Å². The van der Waals surface area contributed by atoms with Crippen LogP contribution in [0.25, 0.3) is 0 Å². The summed E-state index contributed by atoms with van der Waals surface area (Å²) in [5, 5.41) is 1.31. The number of ether oxygens (including phenoxy) is 2. The minimum atomic E-state index is -1.06. The van der Waals surface area contributed by atoms with Gasteiger partial charge in [-0.05, 0) is 13.8 Å². The van der Waals surface area contributed by atoms with E-state index in [9.17, 15) is 9.59 Å². The van der Waals surface area contributed by atoms with Gasteiger partial charge in [-0.15, -0.1) is 0 Å². The number of hydrogen-bond acceptors (Lipinski definition) is 7. The molecule has 0 aromatic heterocycles. The summed E-state index contributed by atoms with van der Waals surface area (Å²) in [5.41, 5.74) is 4.55. The molecule has 2 saturated heterocycles. The lowest BCUT2D eigenvalue weighted by atomic mass is 10.1. The topological polar surface area (TPSA) is 91.1 Å². The van der Waals surface area contributed by atoms with E-state index < -0.39 is 17.7 Å². The average molecular weight is 244 g/mol. The second-order valence-corrected chi connectivity index (χ2v) is 4.49. The van der Waals surface area contributed by atoms with E-state index in [0.717, 1.165) is 0 Å². The van der Waals surface area contributed by atoms with Crippen molar-refractivity contribution in [1.29, 1.82) is 0 Å². The Morgan fingerprint density at radius 1 is 1.53 bits per heavy atom. The van der Waals surface area contributed by atoms with Crippen LogP contribution >= 0.6 is 0 Å². The molecule has 7 heteroatoms. The quantitative estimate of drug-likeness (QED) is 0.511. The molecule has 2 N–H and O–H groups in total. The predicted octanol–water partition coefficient (Wildman–Crippen LogP) is -0.844. The van der Waals surface area contributed by atoms with Gasteiger partial charge in [0.1, 0.15) is 0 Å². The molecule has 2 aliphatic rings. The van der Waals surface area contributed by atoms with Gasteiger partial charge in [-0.2, -0.15) is 0 Å². The highest BCUT2D eigenvalue weighted by molar-refractivity contribution is 6.30. The molecule has 0 aromatic carbocycles. The Morgan fingerprint density at radius 3 is 2.82 bits per heavy atom. The first-order valence-electron chi connectivity index (χ1n) is 5.55. The molecule has 0 radical (unpaired) electrons. The minimum absolute atomic E-state index is 0.0441. The molecule has 2 rings (SSSR count). The molecule has 2 atom stereocenters. The highest BCUT2D eigenvalue weighted by Crippen LogP contribution is 2.35. The smallest absolute Gasteiger partial charge is 0.431 e. The van der Waals surface area contributed by atoms with Crippen molar-refractivity contribution in [3.8, 4) is 0 Å². The van der Waals surface area contributed by atoms with E-state index in [1.54, 1.807) is 0 Å². The number of carbonyl (C=O) groups is 2. The zero-order valence-corrected chi connectivity index (χ0v) is 9.84. The Bertz CT molecular complexity index is 346. The van der Waals surface area contributed by atoms with Crippen LogP contribution in [0.1, 0.15) is 20.3 Å². The van der Waals surface area contributed by atoms with Gasteiger partial charge in [0.15, 0.2) is 0 Å². The van der Waals surface area contributed by atoms with E-state index in [2.05, 4.69) is 0 Å². The number of carbonyl (C=O) groups excluding carboxylic acids is 2. The Kier molecular flexibility index (Phi) is 3.07. The van der Waals surface area contributed by atoms with Crippen molar-refractivity contribution in [1.82, 2.24) is 5.06 Å². The summed E-state index contributed by atoms with van der Waals surface area (Å²) in [6.07, 6.45) is 0.278. The van der Waals surface area contributed by atoms with Crippen molar-refractivity contribution in [3.05, 3.63) is 0 Å². The zero-order valence-electron chi connectivity index (χ0n) is 9.84. The summed E-state index contributed by atoms with van der Waals surface area (Å²) < 4.78 is 10.7. The fourth-order valence-corrected chi connectivity index (χ4v) is 2.14. The third-order valence-electron chi connectivity index (χ3n) is 2.80. The van der Waals surface area contributed by atoms with E-state index in [1.807, 2.05) is 13.8 Å². The minimum Gasteiger partial charge on any atom is -0.431 e. The monoisotopic (exact) mass is 244 g/mol. The molecule has 96 valence electrons. The Balaban J connectivity index is 2.13. The van der Waals surface area contributed by atoms with Crippen LogP contribution in [0.15, 0.2) is 0 Å². The molecule has 0 amide bonds. The summed E-state index contributed by atoms with van der Waals surface area (Å²) in [7, 11) is 0. The van der Waals surface area contributed by atoms with Crippen molar-refractivity contribution in [3.63, 3.8) is 0 Å². The van der Waals surface area contributed by atoms with Crippen LogP contribution in [0.5, 0.6) is 0 Å². The maximum atomic E-state index is 11.2. The molecule has 2 unspecified atom stereocenters. The third-order valence-corrected chi connectivity index (χ3v) is 2.80. The fraction of sp³-hybridized carbons (Fsp3) is 0.800. The number of esters is 1. The van der Waals surface area contributed by atoms with Gasteiger partial charge in [0.05, 0.1) is 25.3 Å². The lowest BCUT2D eigenvalue weighted by Crippen LogP contribution is -2.58. The first-order chi connectivity index (χ1) is 7.97. The summed E-state index contributed by atoms with van der Waals surface area (Å²) in [4.78, 5) is 27.2. The molecular weight excluding hydrogens is 228 g/mol. The first-order valence-corrected chi connectivity index (χ1v) is 5.55. The molecular formula is C10H16N2O5. The van der Waals surface area contributed by atoms with E-state index in [0.29, 0.717) is 13.0 Å². The molecule has 2 aliphatic heterocycles. The number of hydrogen-bond donors (Lipinski definition) is 1. The number of hydroxylamine groups is 2. The molecule has 7 nitrogen and oxygen atoms in total. The van der Waals surface area contributed by atoms with Crippen molar-refractivity contribution in [2.75, 3.05) is 13.1 Å². The summed E-state index contributed by atoms with van der Waals surface area (Å²) in [6, 6.07) is 0. The van der Waals surface area contributed by atoms with Gasteiger partial charge in [0.25, 0.3) is 0 Å². The first kappa shape index (κ1) is 12.3. The molecule has 0 aromatic rings. The second-order valence-electron chi connectivity index (χ2n) is 4.49. The normalized spacial score (nSPS) is 33.5. The van der Waals surface area contributed by atoms with Gasteiger partial charge >= 0.3 is 11.9 Å². The van der Waals surface area contributed by atoms with Crippen molar-refractivity contribution >= 4 is 11.9 Å². The molecule has 0 spiro atoms. The summed E-state index contributed by atoms with van der Waals surface area (Å²) in [6.45, 7) is 4.23. The van der Waals surface area contributed by atoms with Gasteiger partial charge in [-0.3, -0.25) is 0 Å². The van der Waals surface area contributed by atoms with Crippen molar-refractivity contribution in [2.24, 2.45) is 5.73 Å². The molecule has 2 heterocycles. The van der Waals surface area contributed by atoms with E-state index >= 15 is 0 Å². The van der Waals surface area contributed by atoms with Crippen molar-refractivity contribution in [2.45, 2.75) is 38.2 Å². The van der Waals surface area contributed by atoms with Crippen LogP contribution in [-0.4, -0.2) is 48.0 Å². The molecule has 0 aliphatic carbocycles. The second kappa shape index (κ2) is 4.25. The number of fused-ring (bicyclic) bond motifs is 1. The number of nitrogens with zero attached hydrogens (tertiary/aromatic N) is 1. The summed E-state index contributed by atoms with van der Waals surface area (Å²) >= 11 is 0. The molecule has 2 fully saturated rings. The highest BCUT2D eigenvalue weighted by atomic mass is 16.8. The Labute approximate surface area is 98.7 Å². The van der Waals surface area contributed by atoms with Crippen LogP contribution in [0.3, 0.4) is 0 Å². The Hall–Kier alpha value is -1.18. The molecule has 17 heavy (non-hydrogen) atoms. The lowest BCUT2D eigenvalue weighted by molar-refractivity contribution is -0.289. The predicted molar refractivity (Wildman–Crippen MR) is 55.3 cm³/mol. The van der Waals surface area contributed by atoms with Crippen LogP contribution in [0.2, 0.25) is 0 Å². The maximum Gasteiger partial charge on any atom is 0.436 e. The standard InChI is InChI=1S/C10H16N2O5/c1-6(2)15-7-3-10(5-11)12(4-7)17-9(14)8(13)16-10/h6-7H,3-5,11H2,1-2H3. The fourth-order valence-electron chi connectivity index (χ4n) is 2.14. The molecule has 0 bridgehead atoms. The zero-order chi connectivity index (χ0) is 12.6. The van der Waals surface area contributed by atoms with Gasteiger partial charge in [-0.25, -0.2) is 9.59 Å². The molecule has 0 saturated carbocycles. The van der Waals surface area contributed by atoms with Crippen LogP contribution in [-0.2, 0) is 23.9 Å². The van der Waals surface area contributed by atoms with Gasteiger partial charge in [-0.1, -0.05) is 5.06 Å². The average Bonchev–Trinajstić information content (AvgIpc) is 2.56. The SMILES string of the molecule is CC(C)OC1CN2OC(=O)C(=O)OC2(CN)C1. The van der Waals surface area contributed by atoms with E-state index in [4.69, 9.17) is 20.0 Å². The van der Waals surface area contributed by atoms with Gasteiger partial charge < -0.3 is 20.0 Å². The lowest BCUT2D eigenvalue weighted by Gasteiger charge is -2.37.